The lowest BCUT2D eigenvalue weighted by Gasteiger charge is -2.37. The van der Waals surface area contributed by atoms with Crippen LogP contribution in [0.5, 0.6) is 0 Å². The van der Waals surface area contributed by atoms with Crippen LogP contribution in [0.4, 0.5) is 4.79 Å². The van der Waals surface area contributed by atoms with Gasteiger partial charge in [-0.05, 0) is 11.8 Å². The predicted molar refractivity (Wildman–Crippen MR) is 60.2 cm³/mol. The number of carbonyl (C=O) groups is 2. The summed E-state index contributed by atoms with van der Waals surface area (Å²) in [4.78, 5) is 23.7. The lowest BCUT2D eigenvalue weighted by atomic mass is 9.90. The third-order valence-corrected chi connectivity index (χ3v) is 3.19. The number of hydrogen-bond acceptors (Lipinski definition) is 2. The molecule has 5 heteroatoms. The van der Waals surface area contributed by atoms with E-state index in [1.165, 1.54) is 4.90 Å². The molecular formula is C11H20N2O3. The SMILES string of the molecule is CCC(C)(C)CNC(=O)N1CC(C(=O)O)C1. The Kier molecular flexibility index (Phi) is 3.78. The Labute approximate surface area is 95.8 Å². The smallest absolute Gasteiger partial charge is 0.317 e. The van der Waals surface area contributed by atoms with Gasteiger partial charge in [-0.1, -0.05) is 20.8 Å². The van der Waals surface area contributed by atoms with E-state index < -0.39 is 5.97 Å². The number of rotatable bonds is 4. The Morgan fingerprint density at radius 1 is 1.44 bits per heavy atom. The van der Waals surface area contributed by atoms with E-state index in [4.69, 9.17) is 5.11 Å². The van der Waals surface area contributed by atoms with E-state index in [9.17, 15) is 9.59 Å². The quantitative estimate of drug-likeness (QED) is 0.758. The summed E-state index contributed by atoms with van der Waals surface area (Å²) in [6.07, 6.45) is 0.991. The first-order chi connectivity index (χ1) is 7.35. The maximum atomic E-state index is 11.6. The highest BCUT2D eigenvalue weighted by molar-refractivity contribution is 5.79. The molecule has 1 heterocycles. The fraction of sp³-hybridized carbons (Fsp3) is 0.818. The zero-order chi connectivity index (χ0) is 12.3. The fourth-order valence-corrected chi connectivity index (χ4v) is 1.35. The molecule has 1 fully saturated rings. The Morgan fingerprint density at radius 2 is 2.00 bits per heavy atom. The Bertz CT molecular complexity index is 283. The van der Waals surface area contributed by atoms with Crippen LogP contribution < -0.4 is 5.32 Å². The molecule has 92 valence electrons. The summed E-state index contributed by atoms with van der Waals surface area (Å²) >= 11 is 0. The van der Waals surface area contributed by atoms with Gasteiger partial charge in [-0.25, -0.2) is 4.79 Å². The van der Waals surface area contributed by atoms with Gasteiger partial charge in [0.1, 0.15) is 0 Å². The van der Waals surface area contributed by atoms with E-state index in [2.05, 4.69) is 26.1 Å². The first kappa shape index (κ1) is 12.8. The molecular weight excluding hydrogens is 208 g/mol. The minimum absolute atomic E-state index is 0.0900. The second-order valence-corrected chi connectivity index (χ2v) is 5.12. The van der Waals surface area contributed by atoms with Gasteiger partial charge in [0.2, 0.25) is 0 Å². The standard InChI is InChI=1S/C11H20N2O3/c1-4-11(2,3)7-12-10(16)13-5-8(6-13)9(14)15/h8H,4-7H2,1-3H3,(H,12,16)(H,14,15). The van der Waals surface area contributed by atoms with E-state index in [0.29, 0.717) is 19.6 Å². The van der Waals surface area contributed by atoms with Crippen LogP contribution >= 0.6 is 0 Å². The maximum absolute atomic E-state index is 11.6. The second kappa shape index (κ2) is 4.72. The van der Waals surface area contributed by atoms with E-state index in [1.807, 2.05) is 0 Å². The largest absolute Gasteiger partial charge is 0.481 e. The van der Waals surface area contributed by atoms with Crippen molar-refractivity contribution in [1.82, 2.24) is 10.2 Å². The lowest BCUT2D eigenvalue weighted by molar-refractivity contribution is -0.146. The molecule has 1 aliphatic rings. The number of carbonyl (C=O) groups excluding carboxylic acids is 1. The zero-order valence-corrected chi connectivity index (χ0v) is 10.1. The van der Waals surface area contributed by atoms with E-state index in [0.717, 1.165) is 6.42 Å². The highest BCUT2D eigenvalue weighted by Crippen LogP contribution is 2.19. The number of carboxylic acids is 1. The molecule has 2 amide bonds. The van der Waals surface area contributed by atoms with Gasteiger partial charge >= 0.3 is 12.0 Å². The van der Waals surface area contributed by atoms with Crippen molar-refractivity contribution < 1.29 is 14.7 Å². The summed E-state index contributed by atoms with van der Waals surface area (Å²) in [7, 11) is 0. The number of urea groups is 1. The summed E-state index contributed by atoms with van der Waals surface area (Å²) in [5.41, 5.74) is 0.0900. The van der Waals surface area contributed by atoms with Crippen molar-refractivity contribution >= 4 is 12.0 Å². The molecule has 0 aromatic rings. The molecule has 0 radical (unpaired) electrons. The van der Waals surface area contributed by atoms with Gasteiger partial charge in [0.15, 0.2) is 0 Å². The van der Waals surface area contributed by atoms with Gasteiger partial charge in [0, 0.05) is 19.6 Å². The number of nitrogens with zero attached hydrogens (tertiary/aromatic N) is 1. The first-order valence-electron chi connectivity index (χ1n) is 5.61. The Morgan fingerprint density at radius 3 is 2.44 bits per heavy atom. The molecule has 0 atom stereocenters. The van der Waals surface area contributed by atoms with Gasteiger partial charge in [-0.3, -0.25) is 4.79 Å². The third-order valence-electron chi connectivity index (χ3n) is 3.19. The van der Waals surface area contributed by atoms with Crippen LogP contribution in [0.15, 0.2) is 0 Å². The van der Waals surface area contributed by atoms with Crippen molar-refractivity contribution in [2.75, 3.05) is 19.6 Å². The number of carboxylic acid groups (broad SMARTS) is 1. The number of aliphatic carboxylic acids is 1. The monoisotopic (exact) mass is 228 g/mol. The Hall–Kier alpha value is -1.26. The molecule has 0 unspecified atom stereocenters. The summed E-state index contributed by atoms with van der Waals surface area (Å²) in [6, 6.07) is -0.154. The molecule has 0 aliphatic carbocycles. The van der Waals surface area contributed by atoms with Crippen molar-refractivity contribution in [3.05, 3.63) is 0 Å². The van der Waals surface area contributed by atoms with Crippen molar-refractivity contribution in [2.24, 2.45) is 11.3 Å². The van der Waals surface area contributed by atoms with Crippen LogP contribution in [0.1, 0.15) is 27.2 Å². The number of nitrogens with one attached hydrogen (secondary N) is 1. The number of likely N-dealkylation sites (tertiary alicyclic amines) is 1. The molecule has 1 saturated heterocycles. The van der Waals surface area contributed by atoms with Crippen molar-refractivity contribution in [1.29, 1.82) is 0 Å². The van der Waals surface area contributed by atoms with Crippen molar-refractivity contribution in [2.45, 2.75) is 27.2 Å². The minimum Gasteiger partial charge on any atom is -0.481 e. The Balaban J connectivity index is 2.26. The number of hydrogen-bond donors (Lipinski definition) is 2. The van der Waals surface area contributed by atoms with Crippen molar-refractivity contribution in [3.8, 4) is 0 Å². The number of amides is 2. The average molecular weight is 228 g/mol. The van der Waals surface area contributed by atoms with Crippen LogP contribution in [0.3, 0.4) is 0 Å². The van der Waals surface area contributed by atoms with Crippen molar-refractivity contribution in [3.63, 3.8) is 0 Å². The molecule has 1 rings (SSSR count). The van der Waals surface area contributed by atoms with Gasteiger partial charge in [-0.2, -0.15) is 0 Å². The molecule has 1 aliphatic heterocycles. The molecule has 0 spiro atoms. The second-order valence-electron chi connectivity index (χ2n) is 5.12. The van der Waals surface area contributed by atoms with E-state index >= 15 is 0 Å². The topological polar surface area (TPSA) is 69.6 Å². The van der Waals surface area contributed by atoms with Gasteiger partial charge < -0.3 is 15.3 Å². The zero-order valence-electron chi connectivity index (χ0n) is 10.1. The van der Waals surface area contributed by atoms with Gasteiger partial charge in [0.05, 0.1) is 5.92 Å². The van der Waals surface area contributed by atoms with E-state index in [-0.39, 0.29) is 17.4 Å². The molecule has 2 N–H and O–H groups in total. The lowest BCUT2D eigenvalue weighted by Crippen LogP contribution is -2.56. The predicted octanol–water partition coefficient (Wildman–Crippen LogP) is 1.15. The highest BCUT2D eigenvalue weighted by Gasteiger charge is 2.35. The molecule has 0 bridgehead atoms. The van der Waals surface area contributed by atoms with Gasteiger partial charge in [-0.15, -0.1) is 0 Å². The first-order valence-corrected chi connectivity index (χ1v) is 5.61. The van der Waals surface area contributed by atoms with Crippen LogP contribution in [0.2, 0.25) is 0 Å². The van der Waals surface area contributed by atoms with E-state index in [1.54, 1.807) is 0 Å². The van der Waals surface area contributed by atoms with Crippen LogP contribution in [0.25, 0.3) is 0 Å². The van der Waals surface area contributed by atoms with Crippen LogP contribution in [-0.2, 0) is 4.79 Å². The highest BCUT2D eigenvalue weighted by atomic mass is 16.4. The van der Waals surface area contributed by atoms with Crippen LogP contribution in [-0.4, -0.2) is 41.6 Å². The summed E-state index contributed by atoms with van der Waals surface area (Å²) in [5.74, 6) is -1.21. The minimum atomic E-state index is -0.821. The third kappa shape index (κ3) is 3.12. The molecule has 0 aromatic carbocycles. The maximum Gasteiger partial charge on any atom is 0.317 e. The molecule has 0 saturated carbocycles. The molecule has 5 nitrogen and oxygen atoms in total. The normalized spacial score (nSPS) is 16.8. The average Bonchev–Trinajstić information content (AvgIpc) is 2.12. The fourth-order valence-electron chi connectivity index (χ4n) is 1.35. The summed E-state index contributed by atoms with van der Waals surface area (Å²) < 4.78 is 0. The van der Waals surface area contributed by atoms with Crippen LogP contribution in [0, 0.1) is 11.3 Å². The summed E-state index contributed by atoms with van der Waals surface area (Å²) in [5, 5.41) is 11.5. The molecule has 0 aromatic heterocycles. The summed E-state index contributed by atoms with van der Waals surface area (Å²) in [6.45, 7) is 7.53. The molecule has 16 heavy (non-hydrogen) atoms. The van der Waals surface area contributed by atoms with Gasteiger partial charge in [0.25, 0.3) is 0 Å².